The fourth-order valence-corrected chi connectivity index (χ4v) is 3.27. The van der Waals surface area contributed by atoms with Crippen molar-refractivity contribution in [3.8, 4) is 0 Å². The maximum absolute atomic E-state index is 6.23. The van der Waals surface area contributed by atoms with Gasteiger partial charge in [0.05, 0.1) is 5.02 Å². The highest BCUT2D eigenvalue weighted by molar-refractivity contribution is 7.99. The second-order valence-corrected chi connectivity index (χ2v) is 6.24. The molecule has 0 atom stereocenters. The van der Waals surface area contributed by atoms with Gasteiger partial charge >= 0.3 is 0 Å². The van der Waals surface area contributed by atoms with E-state index in [9.17, 15) is 0 Å². The second kappa shape index (κ2) is 7.32. The van der Waals surface area contributed by atoms with E-state index in [-0.39, 0.29) is 0 Å². The van der Waals surface area contributed by atoms with E-state index in [1.54, 1.807) is 17.8 Å². The summed E-state index contributed by atoms with van der Waals surface area (Å²) in [4.78, 5) is 5.45. The Bertz CT molecular complexity index is 602. The molecule has 1 N–H and O–H groups in total. The van der Waals surface area contributed by atoms with Gasteiger partial charge in [-0.25, -0.2) is 4.98 Å². The standard InChI is InChI=1S/C15H16Cl2N2S/c1-3-18-9-12-10(2)6-7-19-15(12)20-14-5-4-11(16)8-13(14)17/h4-8,18H,3,9H2,1-2H3. The number of benzene rings is 1. The van der Waals surface area contributed by atoms with Crippen molar-refractivity contribution < 1.29 is 0 Å². The Kier molecular flexibility index (Phi) is 5.73. The maximum atomic E-state index is 6.23. The number of rotatable bonds is 5. The minimum absolute atomic E-state index is 0.643. The van der Waals surface area contributed by atoms with E-state index in [4.69, 9.17) is 23.2 Å². The van der Waals surface area contributed by atoms with E-state index in [1.165, 1.54) is 11.1 Å². The summed E-state index contributed by atoms with van der Waals surface area (Å²) < 4.78 is 0. The third kappa shape index (κ3) is 3.89. The molecule has 2 aromatic rings. The molecule has 1 aromatic carbocycles. The molecule has 0 spiro atoms. The molecule has 2 rings (SSSR count). The normalized spacial score (nSPS) is 10.8. The number of hydrogen-bond donors (Lipinski definition) is 1. The van der Waals surface area contributed by atoms with Crippen molar-refractivity contribution in [3.05, 3.63) is 51.6 Å². The number of aryl methyl sites for hydroxylation is 1. The highest BCUT2D eigenvalue weighted by Gasteiger charge is 2.11. The topological polar surface area (TPSA) is 24.9 Å². The Balaban J connectivity index is 2.30. The summed E-state index contributed by atoms with van der Waals surface area (Å²) in [6, 6.07) is 7.55. The van der Waals surface area contributed by atoms with Crippen LogP contribution in [0.1, 0.15) is 18.1 Å². The van der Waals surface area contributed by atoms with E-state index in [0.717, 1.165) is 23.0 Å². The van der Waals surface area contributed by atoms with Crippen molar-refractivity contribution >= 4 is 35.0 Å². The summed E-state index contributed by atoms with van der Waals surface area (Å²) in [5, 5.41) is 5.63. The van der Waals surface area contributed by atoms with Crippen LogP contribution in [0.3, 0.4) is 0 Å². The van der Waals surface area contributed by atoms with Crippen molar-refractivity contribution in [1.82, 2.24) is 10.3 Å². The number of hydrogen-bond acceptors (Lipinski definition) is 3. The first kappa shape index (κ1) is 15.6. The van der Waals surface area contributed by atoms with Gasteiger partial charge in [0.15, 0.2) is 0 Å². The smallest absolute Gasteiger partial charge is 0.106 e. The van der Waals surface area contributed by atoms with Gasteiger partial charge < -0.3 is 5.32 Å². The highest BCUT2D eigenvalue weighted by atomic mass is 35.5. The Morgan fingerprint density at radius 3 is 2.75 bits per heavy atom. The molecule has 0 unspecified atom stereocenters. The molecule has 0 fully saturated rings. The average molecular weight is 327 g/mol. The molecule has 0 aliphatic rings. The van der Waals surface area contributed by atoms with Crippen LogP contribution in [0.5, 0.6) is 0 Å². The van der Waals surface area contributed by atoms with Crippen LogP contribution in [0.4, 0.5) is 0 Å². The summed E-state index contributed by atoms with van der Waals surface area (Å²) in [7, 11) is 0. The summed E-state index contributed by atoms with van der Waals surface area (Å²) in [5.41, 5.74) is 2.44. The predicted molar refractivity (Wildman–Crippen MR) is 86.9 cm³/mol. The molecular formula is C15H16Cl2N2S. The molecule has 0 bridgehead atoms. The lowest BCUT2D eigenvalue weighted by Crippen LogP contribution is -2.14. The Morgan fingerprint density at radius 1 is 1.25 bits per heavy atom. The Morgan fingerprint density at radius 2 is 2.05 bits per heavy atom. The van der Waals surface area contributed by atoms with E-state index in [1.807, 2.05) is 24.4 Å². The van der Waals surface area contributed by atoms with Crippen molar-refractivity contribution in [1.29, 1.82) is 0 Å². The zero-order valence-electron chi connectivity index (χ0n) is 11.4. The molecular weight excluding hydrogens is 311 g/mol. The van der Waals surface area contributed by atoms with Gasteiger partial charge in [-0.3, -0.25) is 0 Å². The van der Waals surface area contributed by atoms with Crippen LogP contribution < -0.4 is 5.32 Å². The monoisotopic (exact) mass is 326 g/mol. The molecule has 5 heteroatoms. The molecule has 0 amide bonds. The molecule has 1 heterocycles. The molecule has 0 aliphatic heterocycles. The van der Waals surface area contributed by atoms with Crippen LogP contribution in [0.25, 0.3) is 0 Å². The van der Waals surface area contributed by atoms with Crippen molar-refractivity contribution in [2.24, 2.45) is 0 Å². The van der Waals surface area contributed by atoms with E-state index >= 15 is 0 Å². The molecule has 0 radical (unpaired) electrons. The van der Waals surface area contributed by atoms with Gasteiger partial charge in [-0.1, -0.05) is 41.9 Å². The SMILES string of the molecule is CCNCc1c(C)ccnc1Sc1ccc(Cl)cc1Cl. The highest BCUT2D eigenvalue weighted by Crippen LogP contribution is 2.35. The lowest BCUT2D eigenvalue weighted by atomic mass is 10.1. The third-order valence-electron chi connectivity index (χ3n) is 2.90. The fraction of sp³-hybridized carbons (Fsp3) is 0.267. The van der Waals surface area contributed by atoms with Gasteiger partial charge in [-0.05, 0) is 43.3 Å². The van der Waals surface area contributed by atoms with E-state index in [0.29, 0.717) is 10.0 Å². The lowest BCUT2D eigenvalue weighted by molar-refractivity contribution is 0.707. The van der Waals surface area contributed by atoms with Crippen LogP contribution in [-0.2, 0) is 6.54 Å². The molecule has 106 valence electrons. The van der Waals surface area contributed by atoms with Crippen LogP contribution in [0.15, 0.2) is 40.4 Å². The van der Waals surface area contributed by atoms with E-state index in [2.05, 4.69) is 24.1 Å². The third-order valence-corrected chi connectivity index (χ3v) is 4.68. The van der Waals surface area contributed by atoms with Gasteiger partial charge in [-0.15, -0.1) is 0 Å². The predicted octanol–water partition coefficient (Wildman–Crippen LogP) is 4.96. The summed E-state index contributed by atoms with van der Waals surface area (Å²) in [5.74, 6) is 0. The molecule has 20 heavy (non-hydrogen) atoms. The largest absolute Gasteiger partial charge is 0.313 e. The van der Waals surface area contributed by atoms with Crippen molar-refractivity contribution in [3.63, 3.8) is 0 Å². The Labute approximate surface area is 133 Å². The van der Waals surface area contributed by atoms with Crippen LogP contribution in [0, 0.1) is 6.92 Å². The number of aromatic nitrogens is 1. The van der Waals surface area contributed by atoms with Gasteiger partial charge in [0, 0.05) is 28.2 Å². The van der Waals surface area contributed by atoms with Gasteiger partial charge in [0.2, 0.25) is 0 Å². The first-order valence-electron chi connectivity index (χ1n) is 6.40. The number of nitrogens with zero attached hydrogens (tertiary/aromatic N) is 1. The van der Waals surface area contributed by atoms with Crippen LogP contribution >= 0.6 is 35.0 Å². The number of halogens is 2. The van der Waals surface area contributed by atoms with Crippen molar-refractivity contribution in [2.75, 3.05) is 6.54 Å². The van der Waals surface area contributed by atoms with Gasteiger partial charge in [-0.2, -0.15) is 0 Å². The van der Waals surface area contributed by atoms with Gasteiger partial charge in [0.25, 0.3) is 0 Å². The summed E-state index contributed by atoms with van der Waals surface area (Å²) in [6.45, 7) is 5.93. The fourth-order valence-electron chi connectivity index (χ4n) is 1.78. The first-order valence-corrected chi connectivity index (χ1v) is 7.97. The molecule has 0 saturated carbocycles. The quantitative estimate of drug-likeness (QED) is 0.840. The molecule has 2 nitrogen and oxygen atoms in total. The minimum atomic E-state index is 0.643. The minimum Gasteiger partial charge on any atom is -0.313 e. The second-order valence-electron chi connectivity index (χ2n) is 4.37. The zero-order valence-corrected chi connectivity index (χ0v) is 13.7. The summed E-state index contributed by atoms with van der Waals surface area (Å²) >= 11 is 13.7. The first-order chi connectivity index (χ1) is 9.61. The zero-order chi connectivity index (χ0) is 14.5. The molecule has 0 saturated heterocycles. The lowest BCUT2D eigenvalue weighted by Gasteiger charge is -2.12. The average Bonchev–Trinajstić information content (AvgIpc) is 2.41. The maximum Gasteiger partial charge on any atom is 0.106 e. The Hall–Kier alpha value is -0.740. The molecule has 1 aromatic heterocycles. The van der Waals surface area contributed by atoms with Crippen LogP contribution in [0.2, 0.25) is 10.0 Å². The van der Waals surface area contributed by atoms with E-state index < -0.39 is 0 Å². The summed E-state index contributed by atoms with van der Waals surface area (Å²) in [6.07, 6.45) is 1.83. The van der Waals surface area contributed by atoms with Gasteiger partial charge in [0.1, 0.15) is 5.03 Å². The van der Waals surface area contributed by atoms with Crippen molar-refractivity contribution in [2.45, 2.75) is 30.3 Å². The number of nitrogens with one attached hydrogen (secondary N) is 1. The van der Waals surface area contributed by atoms with Crippen LogP contribution in [-0.4, -0.2) is 11.5 Å². The molecule has 0 aliphatic carbocycles. The number of pyridine rings is 1.